The Morgan fingerprint density at radius 2 is 1.31 bits per heavy atom. The topological polar surface area (TPSA) is 22.0 Å². The summed E-state index contributed by atoms with van der Waals surface area (Å²) in [6, 6.07) is 15.5. The van der Waals surface area contributed by atoms with Crippen LogP contribution in [0.4, 0.5) is 4.79 Å². The Labute approximate surface area is 97.0 Å². The number of fused-ring (bicyclic) bond motifs is 3. The molecule has 0 saturated carbocycles. The van der Waals surface area contributed by atoms with Crippen LogP contribution in [0.5, 0.6) is 0 Å². The lowest BCUT2D eigenvalue weighted by atomic mass is 10.2. The smallest absolute Gasteiger partial charge is 0.266 e. The Kier molecular flexibility index (Phi) is 1.98. The third kappa shape index (κ3) is 1.17. The molecule has 3 aromatic rings. The van der Waals surface area contributed by atoms with Crippen LogP contribution in [0.1, 0.15) is 0 Å². The van der Waals surface area contributed by atoms with E-state index in [1.807, 2.05) is 48.5 Å². The molecule has 3 rings (SSSR count). The van der Waals surface area contributed by atoms with Crippen molar-refractivity contribution in [3.05, 3.63) is 48.5 Å². The quantitative estimate of drug-likeness (QED) is 0.534. The van der Waals surface area contributed by atoms with Gasteiger partial charge in [0.25, 0.3) is 0 Å². The molecule has 78 valence electrons. The van der Waals surface area contributed by atoms with Crippen molar-refractivity contribution in [3.63, 3.8) is 0 Å². The summed E-state index contributed by atoms with van der Waals surface area (Å²) < 4.78 is 1.53. The van der Waals surface area contributed by atoms with Gasteiger partial charge in [-0.3, -0.25) is 9.36 Å². The molecule has 0 fully saturated rings. The summed E-state index contributed by atoms with van der Waals surface area (Å²) in [6.07, 6.45) is 0. The van der Waals surface area contributed by atoms with Crippen molar-refractivity contribution in [3.8, 4) is 0 Å². The molecular weight excluding hydrogens is 222 g/mol. The molecule has 0 bridgehead atoms. The molecule has 0 aliphatic carbocycles. The summed E-state index contributed by atoms with van der Waals surface area (Å²) in [5.41, 5.74) is 1.70. The maximum Gasteiger partial charge on any atom is 0.325 e. The van der Waals surface area contributed by atoms with Crippen LogP contribution in [0.15, 0.2) is 48.5 Å². The average Bonchev–Trinajstić information content (AvgIpc) is 2.63. The second-order valence-electron chi connectivity index (χ2n) is 3.62. The molecule has 2 nitrogen and oxygen atoms in total. The van der Waals surface area contributed by atoms with Gasteiger partial charge < -0.3 is 0 Å². The fourth-order valence-electron chi connectivity index (χ4n) is 2.11. The van der Waals surface area contributed by atoms with Crippen LogP contribution in [0.25, 0.3) is 21.8 Å². The largest absolute Gasteiger partial charge is 0.325 e. The minimum Gasteiger partial charge on any atom is -0.266 e. The highest BCUT2D eigenvalue weighted by molar-refractivity contribution is 6.64. The van der Waals surface area contributed by atoms with Crippen molar-refractivity contribution in [1.29, 1.82) is 0 Å². The van der Waals surface area contributed by atoms with E-state index in [1.54, 1.807) is 0 Å². The van der Waals surface area contributed by atoms with E-state index in [9.17, 15) is 4.79 Å². The van der Waals surface area contributed by atoms with E-state index >= 15 is 0 Å². The number of hydrogen-bond acceptors (Lipinski definition) is 1. The number of aromatic nitrogens is 1. The molecule has 16 heavy (non-hydrogen) atoms. The predicted molar refractivity (Wildman–Crippen MR) is 66.1 cm³/mol. The van der Waals surface area contributed by atoms with Crippen molar-refractivity contribution in [2.45, 2.75) is 0 Å². The molecule has 0 saturated heterocycles. The molecule has 0 aliphatic rings. The molecule has 1 aromatic heterocycles. The van der Waals surface area contributed by atoms with Crippen LogP contribution in [-0.2, 0) is 0 Å². The van der Waals surface area contributed by atoms with Gasteiger partial charge in [-0.15, -0.1) is 0 Å². The van der Waals surface area contributed by atoms with Gasteiger partial charge in [0.15, 0.2) is 0 Å². The average molecular weight is 230 g/mol. The number of hydrogen-bond donors (Lipinski definition) is 0. The van der Waals surface area contributed by atoms with Gasteiger partial charge >= 0.3 is 5.37 Å². The number of halogens is 1. The van der Waals surface area contributed by atoms with Crippen molar-refractivity contribution >= 4 is 38.8 Å². The number of rotatable bonds is 0. The van der Waals surface area contributed by atoms with Gasteiger partial charge in [0.2, 0.25) is 0 Å². The lowest BCUT2D eigenvalue weighted by Crippen LogP contribution is -2.00. The van der Waals surface area contributed by atoms with Crippen molar-refractivity contribution < 1.29 is 4.79 Å². The minimum atomic E-state index is -0.475. The fourth-order valence-corrected chi connectivity index (χ4v) is 2.29. The summed E-state index contributed by atoms with van der Waals surface area (Å²) in [7, 11) is 0. The molecule has 0 N–H and O–H groups in total. The van der Waals surface area contributed by atoms with Gasteiger partial charge in [-0.2, -0.15) is 0 Å². The molecule has 1 heterocycles. The first-order chi connectivity index (χ1) is 7.79. The predicted octanol–water partition coefficient (Wildman–Crippen LogP) is 4.00. The first-order valence-corrected chi connectivity index (χ1v) is 5.35. The monoisotopic (exact) mass is 229 g/mol. The van der Waals surface area contributed by atoms with E-state index in [4.69, 9.17) is 11.6 Å². The van der Waals surface area contributed by atoms with E-state index < -0.39 is 5.37 Å². The summed E-state index contributed by atoms with van der Waals surface area (Å²) in [5.74, 6) is 0. The number of benzene rings is 2. The molecule has 0 radical (unpaired) electrons. The third-order valence-electron chi connectivity index (χ3n) is 2.76. The van der Waals surface area contributed by atoms with Crippen LogP contribution < -0.4 is 0 Å². The van der Waals surface area contributed by atoms with Gasteiger partial charge in [0, 0.05) is 10.8 Å². The lowest BCUT2D eigenvalue weighted by molar-refractivity contribution is 0.262. The minimum absolute atomic E-state index is 0.475. The van der Waals surface area contributed by atoms with Crippen LogP contribution in [0.3, 0.4) is 0 Å². The van der Waals surface area contributed by atoms with E-state index in [-0.39, 0.29) is 0 Å². The summed E-state index contributed by atoms with van der Waals surface area (Å²) in [5, 5.41) is 1.62. The van der Waals surface area contributed by atoms with Gasteiger partial charge in [-0.1, -0.05) is 36.4 Å². The van der Waals surface area contributed by atoms with E-state index in [0.717, 1.165) is 21.8 Å². The zero-order valence-corrected chi connectivity index (χ0v) is 9.11. The first kappa shape index (κ1) is 9.43. The highest BCUT2D eigenvalue weighted by Gasteiger charge is 2.12. The number of carbonyl (C=O) groups excluding carboxylic acids is 1. The normalized spacial score (nSPS) is 11.1. The van der Waals surface area contributed by atoms with Crippen molar-refractivity contribution in [2.24, 2.45) is 0 Å². The molecule has 0 unspecified atom stereocenters. The van der Waals surface area contributed by atoms with Gasteiger partial charge in [0.1, 0.15) is 0 Å². The van der Waals surface area contributed by atoms with E-state index in [1.165, 1.54) is 4.57 Å². The summed E-state index contributed by atoms with van der Waals surface area (Å²) >= 11 is 5.63. The Bertz CT molecular complexity index is 646. The van der Waals surface area contributed by atoms with Crippen LogP contribution >= 0.6 is 11.6 Å². The summed E-state index contributed by atoms with van der Waals surface area (Å²) in [4.78, 5) is 11.5. The Balaban J connectivity index is 2.64. The van der Waals surface area contributed by atoms with Crippen molar-refractivity contribution in [1.82, 2.24) is 4.57 Å². The zero-order chi connectivity index (χ0) is 11.1. The number of carbonyl (C=O) groups is 1. The van der Waals surface area contributed by atoms with E-state index in [2.05, 4.69) is 0 Å². The molecule has 3 heteroatoms. The molecule has 0 aliphatic heterocycles. The van der Waals surface area contributed by atoms with Gasteiger partial charge in [0.05, 0.1) is 11.0 Å². The fraction of sp³-hybridized carbons (Fsp3) is 0. The second-order valence-corrected chi connectivity index (χ2v) is 3.95. The maximum atomic E-state index is 11.5. The van der Waals surface area contributed by atoms with Gasteiger partial charge in [-0.05, 0) is 23.7 Å². The van der Waals surface area contributed by atoms with Crippen LogP contribution in [0.2, 0.25) is 0 Å². The third-order valence-corrected chi connectivity index (χ3v) is 2.92. The highest BCUT2D eigenvalue weighted by atomic mass is 35.5. The molecule has 0 amide bonds. The maximum absolute atomic E-state index is 11.5. The summed E-state index contributed by atoms with van der Waals surface area (Å²) in [6.45, 7) is 0. The van der Waals surface area contributed by atoms with Gasteiger partial charge in [-0.25, -0.2) is 0 Å². The number of para-hydroxylation sites is 2. The first-order valence-electron chi connectivity index (χ1n) is 4.97. The standard InChI is InChI=1S/C13H8ClNO/c14-13(16)15-11-7-3-1-5-9(11)10-6-2-4-8-12(10)15/h1-8H. The number of nitrogens with zero attached hydrogens (tertiary/aromatic N) is 1. The zero-order valence-electron chi connectivity index (χ0n) is 8.35. The molecule has 0 spiro atoms. The molecular formula is C13H8ClNO. The Morgan fingerprint density at radius 1 is 0.875 bits per heavy atom. The van der Waals surface area contributed by atoms with E-state index in [0.29, 0.717) is 0 Å². The van der Waals surface area contributed by atoms with Crippen molar-refractivity contribution in [2.75, 3.05) is 0 Å². The Morgan fingerprint density at radius 3 is 1.75 bits per heavy atom. The second kappa shape index (κ2) is 3.35. The molecule has 0 atom stereocenters. The Hall–Kier alpha value is -1.80. The van der Waals surface area contributed by atoms with Crippen LogP contribution in [0, 0.1) is 0 Å². The lowest BCUT2D eigenvalue weighted by Gasteiger charge is -1.98. The molecule has 2 aromatic carbocycles. The highest BCUT2D eigenvalue weighted by Crippen LogP contribution is 2.28. The van der Waals surface area contributed by atoms with Crippen LogP contribution in [-0.4, -0.2) is 9.93 Å². The SMILES string of the molecule is O=C(Cl)n1c2ccccc2c2ccccc21.